The molecule has 0 unspecified atom stereocenters. The third kappa shape index (κ3) is 4.26. The molecular weight excluding hydrogens is 348 g/mol. The van der Waals surface area contributed by atoms with Gasteiger partial charge in [0.25, 0.3) is 0 Å². The van der Waals surface area contributed by atoms with E-state index >= 15 is 0 Å². The van der Waals surface area contributed by atoms with Crippen molar-refractivity contribution in [2.45, 2.75) is 20.8 Å². The fraction of sp³-hybridized carbons (Fsp3) is 0.174. The predicted molar refractivity (Wildman–Crippen MR) is 118 cm³/mol. The Balaban J connectivity index is 1.92. The van der Waals surface area contributed by atoms with Crippen molar-refractivity contribution in [3.05, 3.63) is 71.3 Å². The summed E-state index contributed by atoms with van der Waals surface area (Å²) in [5.41, 5.74) is 19.9. The number of nitrogens with two attached hydrogens (primary N) is 2. The second-order valence-corrected chi connectivity index (χ2v) is 6.90. The second-order valence-electron chi connectivity index (χ2n) is 6.90. The number of aryl methyl sites for hydroxylation is 3. The highest BCUT2D eigenvalue weighted by molar-refractivity contribution is 5.96. The van der Waals surface area contributed by atoms with E-state index in [9.17, 15) is 0 Å². The van der Waals surface area contributed by atoms with E-state index in [-0.39, 0.29) is 0 Å². The fourth-order valence-corrected chi connectivity index (χ4v) is 3.09. The van der Waals surface area contributed by atoms with E-state index in [2.05, 4.69) is 22.4 Å². The van der Waals surface area contributed by atoms with Crippen LogP contribution in [-0.2, 0) is 0 Å². The molecule has 3 rings (SSSR count). The summed E-state index contributed by atoms with van der Waals surface area (Å²) in [7, 11) is 1.66. The zero-order chi connectivity index (χ0) is 20.3. The van der Waals surface area contributed by atoms with Crippen molar-refractivity contribution in [2.75, 3.05) is 18.2 Å². The van der Waals surface area contributed by atoms with Crippen LogP contribution in [0.15, 0.2) is 59.6 Å². The number of hydrogen-bond donors (Lipinski definition) is 3. The molecule has 0 saturated heterocycles. The number of benzene rings is 3. The molecule has 0 heterocycles. The largest absolute Gasteiger partial charge is 0.497 e. The number of methoxy groups -OCH3 is 1. The van der Waals surface area contributed by atoms with Gasteiger partial charge in [0, 0.05) is 5.69 Å². The van der Waals surface area contributed by atoms with Crippen LogP contribution in [0.1, 0.15) is 16.7 Å². The van der Waals surface area contributed by atoms with Crippen molar-refractivity contribution in [2.24, 2.45) is 10.7 Å². The Labute approximate surface area is 166 Å². The molecule has 5 nitrogen and oxygen atoms in total. The van der Waals surface area contributed by atoms with E-state index < -0.39 is 0 Å². The lowest BCUT2D eigenvalue weighted by Gasteiger charge is -2.13. The SMILES string of the molecule is COc1cccc(-c2cc(C)c(N=C(N)Nc3cc(C)ccc3C)c(N)c2)c1. The highest BCUT2D eigenvalue weighted by Crippen LogP contribution is 2.34. The Hall–Kier alpha value is -3.47. The molecule has 0 aliphatic carbocycles. The van der Waals surface area contributed by atoms with Crippen LogP contribution in [0, 0.1) is 20.8 Å². The molecule has 144 valence electrons. The number of anilines is 2. The molecule has 0 fully saturated rings. The third-order valence-corrected chi connectivity index (χ3v) is 4.62. The summed E-state index contributed by atoms with van der Waals surface area (Å²) < 4.78 is 5.31. The van der Waals surface area contributed by atoms with Gasteiger partial charge in [-0.2, -0.15) is 0 Å². The Bertz CT molecular complexity index is 1020. The quantitative estimate of drug-likeness (QED) is 0.343. The van der Waals surface area contributed by atoms with Crippen molar-refractivity contribution in [1.82, 2.24) is 0 Å². The summed E-state index contributed by atoms with van der Waals surface area (Å²) in [6, 6.07) is 18.0. The summed E-state index contributed by atoms with van der Waals surface area (Å²) in [4.78, 5) is 4.53. The molecule has 0 spiro atoms. The van der Waals surface area contributed by atoms with Crippen molar-refractivity contribution in [1.29, 1.82) is 0 Å². The van der Waals surface area contributed by atoms with Gasteiger partial charge in [0.05, 0.1) is 18.5 Å². The summed E-state index contributed by atoms with van der Waals surface area (Å²) in [5, 5.41) is 3.17. The summed E-state index contributed by atoms with van der Waals surface area (Å²) in [6.07, 6.45) is 0. The fourth-order valence-electron chi connectivity index (χ4n) is 3.09. The number of guanidine groups is 1. The summed E-state index contributed by atoms with van der Waals surface area (Å²) >= 11 is 0. The lowest BCUT2D eigenvalue weighted by Crippen LogP contribution is -2.22. The van der Waals surface area contributed by atoms with Crippen LogP contribution in [0.25, 0.3) is 11.1 Å². The molecule has 3 aromatic carbocycles. The van der Waals surface area contributed by atoms with Crippen LogP contribution in [0.5, 0.6) is 5.75 Å². The minimum Gasteiger partial charge on any atom is -0.497 e. The lowest BCUT2D eigenvalue weighted by atomic mass is 10.0. The minimum absolute atomic E-state index is 0.303. The standard InChI is InChI=1S/C23H26N4O/c1-14-8-9-15(2)21(10-14)26-23(25)27-22-16(3)11-18(13-20(22)24)17-6-5-7-19(12-17)28-4/h5-13H,24H2,1-4H3,(H3,25,26,27). The van der Waals surface area contributed by atoms with Crippen LogP contribution in [0.4, 0.5) is 17.1 Å². The molecule has 28 heavy (non-hydrogen) atoms. The van der Waals surface area contributed by atoms with Crippen LogP contribution < -0.4 is 21.5 Å². The maximum absolute atomic E-state index is 6.30. The van der Waals surface area contributed by atoms with Gasteiger partial charge in [0.1, 0.15) is 5.75 Å². The normalized spacial score (nSPS) is 11.4. The third-order valence-electron chi connectivity index (χ3n) is 4.62. The van der Waals surface area contributed by atoms with E-state index in [0.29, 0.717) is 17.3 Å². The molecule has 0 aliphatic heterocycles. The lowest BCUT2D eigenvalue weighted by molar-refractivity contribution is 0.415. The minimum atomic E-state index is 0.303. The van der Waals surface area contributed by atoms with E-state index in [0.717, 1.165) is 39.3 Å². The van der Waals surface area contributed by atoms with Crippen molar-refractivity contribution >= 4 is 23.0 Å². The highest BCUT2D eigenvalue weighted by atomic mass is 16.5. The number of nitrogen functional groups attached to an aromatic ring is 1. The Morgan fingerprint density at radius 2 is 1.71 bits per heavy atom. The van der Waals surface area contributed by atoms with Gasteiger partial charge >= 0.3 is 0 Å². The van der Waals surface area contributed by atoms with Crippen molar-refractivity contribution in [3.8, 4) is 16.9 Å². The Kier molecular flexibility index (Phi) is 5.54. The van der Waals surface area contributed by atoms with Gasteiger partial charge in [0.2, 0.25) is 0 Å². The average molecular weight is 374 g/mol. The molecule has 0 amide bonds. The molecule has 5 N–H and O–H groups in total. The van der Waals surface area contributed by atoms with Crippen molar-refractivity contribution in [3.63, 3.8) is 0 Å². The number of nitrogens with one attached hydrogen (secondary N) is 1. The molecule has 0 aliphatic rings. The van der Waals surface area contributed by atoms with Gasteiger partial charge < -0.3 is 21.5 Å². The molecule has 3 aromatic rings. The average Bonchev–Trinajstić information content (AvgIpc) is 2.67. The van der Waals surface area contributed by atoms with E-state index in [1.54, 1.807) is 7.11 Å². The van der Waals surface area contributed by atoms with Crippen LogP contribution >= 0.6 is 0 Å². The molecule has 0 bridgehead atoms. The van der Waals surface area contributed by atoms with Gasteiger partial charge in [-0.25, -0.2) is 4.99 Å². The zero-order valence-electron chi connectivity index (χ0n) is 16.7. The number of aliphatic imine (C=N–C) groups is 1. The van der Waals surface area contributed by atoms with E-state index in [1.807, 2.05) is 63.2 Å². The second kappa shape index (κ2) is 8.05. The molecule has 0 radical (unpaired) electrons. The number of hydrogen-bond acceptors (Lipinski definition) is 3. The topological polar surface area (TPSA) is 85.7 Å². The Morgan fingerprint density at radius 3 is 2.43 bits per heavy atom. The van der Waals surface area contributed by atoms with E-state index in [4.69, 9.17) is 16.2 Å². The van der Waals surface area contributed by atoms with Gasteiger partial charge in [-0.05, 0) is 78.9 Å². The molecular formula is C23H26N4O. The monoisotopic (exact) mass is 374 g/mol. The summed E-state index contributed by atoms with van der Waals surface area (Å²) in [6.45, 7) is 6.04. The van der Waals surface area contributed by atoms with E-state index in [1.165, 1.54) is 0 Å². The maximum Gasteiger partial charge on any atom is 0.198 e. The molecule has 5 heteroatoms. The Morgan fingerprint density at radius 1 is 0.929 bits per heavy atom. The highest BCUT2D eigenvalue weighted by Gasteiger charge is 2.09. The molecule has 0 aromatic heterocycles. The van der Waals surface area contributed by atoms with Gasteiger partial charge in [-0.3, -0.25) is 0 Å². The van der Waals surface area contributed by atoms with Gasteiger partial charge in [-0.15, -0.1) is 0 Å². The predicted octanol–water partition coefficient (Wildman–Crippen LogP) is 4.93. The van der Waals surface area contributed by atoms with Crippen LogP contribution in [-0.4, -0.2) is 13.1 Å². The van der Waals surface area contributed by atoms with Gasteiger partial charge in [-0.1, -0.05) is 24.3 Å². The smallest absolute Gasteiger partial charge is 0.198 e. The first-order chi connectivity index (χ1) is 13.4. The zero-order valence-corrected chi connectivity index (χ0v) is 16.7. The van der Waals surface area contributed by atoms with Gasteiger partial charge in [0.15, 0.2) is 5.96 Å². The van der Waals surface area contributed by atoms with Crippen molar-refractivity contribution < 1.29 is 4.74 Å². The first-order valence-corrected chi connectivity index (χ1v) is 9.10. The number of nitrogens with zero attached hydrogens (tertiary/aromatic N) is 1. The number of ether oxygens (including phenoxy) is 1. The van der Waals surface area contributed by atoms with Crippen LogP contribution in [0.3, 0.4) is 0 Å². The van der Waals surface area contributed by atoms with Crippen LogP contribution in [0.2, 0.25) is 0 Å². The first-order valence-electron chi connectivity index (χ1n) is 9.10. The summed E-state index contributed by atoms with van der Waals surface area (Å²) in [5.74, 6) is 1.11. The first kappa shape index (κ1) is 19.3. The maximum atomic E-state index is 6.30. The molecule has 0 atom stereocenters. The molecule has 0 saturated carbocycles. The number of rotatable bonds is 4.